The van der Waals surface area contributed by atoms with Crippen LogP contribution in [0.2, 0.25) is 0 Å². The molecule has 6 nitrogen and oxygen atoms in total. The molecule has 0 spiro atoms. The molecule has 0 saturated carbocycles. The number of esters is 3. The quantitative estimate of drug-likeness (QED) is 0.0262. The Kier molecular flexibility index (Phi) is 48.9. The van der Waals surface area contributed by atoms with Crippen LogP contribution in [0.15, 0.2) is 72.9 Å². The van der Waals surface area contributed by atoms with Gasteiger partial charge in [-0.3, -0.25) is 14.4 Å². The fourth-order valence-electron chi connectivity index (χ4n) is 7.17. The summed E-state index contributed by atoms with van der Waals surface area (Å²) >= 11 is 0. The zero-order valence-corrected chi connectivity index (χ0v) is 41.3. The highest BCUT2D eigenvalue weighted by atomic mass is 16.6. The molecule has 63 heavy (non-hydrogen) atoms. The van der Waals surface area contributed by atoms with Gasteiger partial charge in [0.05, 0.1) is 0 Å². The second-order valence-corrected chi connectivity index (χ2v) is 17.4. The molecule has 0 heterocycles. The van der Waals surface area contributed by atoms with E-state index in [1.165, 1.54) is 128 Å². The molecule has 0 rings (SSSR count). The van der Waals surface area contributed by atoms with Gasteiger partial charge in [-0.15, -0.1) is 0 Å². The van der Waals surface area contributed by atoms with Crippen molar-refractivity contribution in [1.29, 1.82) is 0 Å². The van der Waals surface area contributed by atoms with E-state index in [0.29, 0.717) is 19.3 Å². The van der Waals surface area contributed by atoms with E-state index < -0.39 is 6.10 Å². The maximum atomic E-state index is 12.8. The Morgan fingerprint density at radius 1 is 0.317 bits per heavy atom. The van der Waals surface area contributed by atoms with Crippen molar-refractivity contribution in [3.05, 3.63) is 72.9 Å². The predicted octanol–water partition coefficient (Wildman–Crippen LogP) is 17.4. The molecule has 0 N–H and O–H groups in total. The second-order valence-electron chi connectivity index (χ2n) is 17.4. The first-order valence-electron chi connectivity index (χ1n) is 26.4. The molecule has 0 saturated heterocycles. The molecule has 0 aromatic rings. The first kappa shape index (κ1) is 59.9. The molecule has 0 aromatic carbocycles. The third-order valence-electron chi connectivity index (χ3n) is 11.2. The summed E-state index contributed by atoms with van der Waals surface area (Å²) in [6.07, 6.45) is 64.6. The van der Waals surface area contributed by atoms with Crippen molar-refractivity contribution < 1.29 is 28.6 Å². The van der Waals surface area contributed by atoms with Gasteiger partial charge in [-0.05, 0) is 89.9 Å². The monoisotopic (exact) mass is 879 g/mol. The normalized spacial score (nSPS) is 12.6. The molecule has 0 aliphatic carbocycles. The van der Waals surface area contributed by atoms with Gasteiger partial charge in [-0.1, -0.05) is 216 Å². The highest BCUT2D eigenvalue weighted by Crippen LogP contribution is 2.14. The minimum Gasteiger partial charge on any atom is -0.462 e. The molecule has 0 aromatic heterocycles. The van der Waals surface area contributed by atoms with Crippen LogP contribution in [0.3, 0.4) is 0 Å². The van der Waals surface area contributed by atoms with Gasteiger partial charge in [-0.25, -0.2) is 0 Å². The molecule has 0 unspecified atom stereocenters. The molecule has 0 fully saturated rings. The van der Waals surface area contributed by atoms with E-state index in [1.54, 1.807) is 0 Å². The summed E-state index contributed by atoms with van der Waals surface area (Å²) in [5, 5.41) is 0. The van der Waals surface area contributed by atoms with Crippen LogP contribution in [0.25, 0.3) is 0 Å². The summed E-state index contributed by atoms with van der Waals surface area (Å²) in [5.41, 5.74) is 0. The molecule has 0 bridgehead atoms. The minimum absolute atomic E-state index is 0.0942. The summed E-state index contributed by atoms with van der Waals surface area (Å²) in [6, 6.07) is 0. The van der Waals surface area contributed by atoms with Crippen molar-refractivity contribution >= 4 is 17.9 Å². The third kappa shape index (κ3) is 49.7. The van der Waals surface area contributed by atoms with E-state index in [4.69, 9.17) is 14.2 Å². The number of carbonyl (C=O) groups excluding carboxylic acids is 3. The van der Waals surface area contributed by atoms with Crippen molar-refractivity contribution in [2.75, 3.05) is 13.2 Å². The number of allylic oxidation sites excluding steroid dienone is 12. The molecule has 0 amide bonds. The molecule has 6 heteroatoms. The van der Waals surface area contributed by atoms with E-state index in [1.807, 2.05) is 0 Å². The summed E-state index contributed by atoms with van der Waals surface area (Å²) in [6.45, 7) is 6.53. The lowest BCUT2D eigenvalue weighted by atomic mass is 10.1. The van der Waals surface area contributed by atoms with E-state index in [2.05, 4.69) is 93.7 Å². The summed E-state index contributed by atoms with van der Waals surface area (Å²) < 4.78 is 16.7. The smallest absolute Gasteiger partial charge is 0.306 e. The van der Waals surface area contributed by atoms with Crippen LogP contribution in [0, 0.1) is 0 Å². The average Bonchev–Trinajstić information content (AvgIpc) is 3.28. The number of hydrogen-bond donors (Lipinski definition) is 0. The van der Waals surface area contributed by atoms with Gasteiger partial charge in [0.15, 0.2) is 6.10 Å². The Morgan fingerprint density at radius 3 is 0.984 bits per heavy atom. The maximum Gasteiger partial charge on any atom is 0.306 e. The van der Waals surface area contributed by atoms with Crippen LogP contribution in [0.5, 0.6) is 0 Å². The van der Waals surface area contributed by atoms with E-state index in [0.717, 1.165) is 77.0 Å². The Morgan fingerprint density at radius 2 is 0.587 bits per heavy atom. The predicted molar refractivity (Wildman–Crippen MR) is 270 cm³/mol. The fourth-order valence-corrected chi connectivity index (χ4v) is 7.17. The third-order valence-corrected chi connectivity index (χ3v) is 11.2. The van der Waals surface area contributed by atoms with Crippen LogP contribution in [0.4, 0.5) is 0 Å². The van der Waals surface area contributed by atoms with Crippen molar-refractivity contribution in [2.45, 2.75) is 258 Å². The molecule has 362 valence electrons. The SMILES string of the molecule is CCCCC/C=C\C/C=C\C/C=C\C/C=C\CCCC(=O)OC[C@H](COC(=O)CCCCCCCCCCCCC)OC(=O)CCCCCCCCC/C=C\C/C=C\CCCCC. The van der Waals surface area contributed by atoms with E-state index in [9.17, 15) is 14.4 Å². The largest absolute Gasteiger partial charge is 0.462 e. The Bertz CT molecular complexity index is 1190. The second kappa shape index (κ2) is 51.5. The molecule has 0 radical (unpaired) electrons. The Balaban J connectivity index is 4.46. The van der Waals surface area contributed by atoms with Gasteiger partial charge in [0.25, 0.3) is 0 Å². The first-order chi connectivity index (χ1) is 31.0. The number of carbonyl (C=O) groups is 3. The number of ether oxygens (including phenoxy) is 3. The van der Waals surface area contributed by atoms with Crippen LogP contribution in [-0.2, 0) is 28.6 Å². The highest BCUT2D eigenvalue weighted by molar-refractivity contribution is 5.71. The van der Waals surface area contributed by atoms with Gasteiger partial charge in [-0.2, -0.15) is 0 Å². The zero-order chi connectivity index (χ0) is 45.8. The molecular weight excluding hydrogens is 781 g/mol. The van der Waals surface area contributed by atoms with Crippen molar-refractivity contribution in [2.24, 2.45) is 0 Å². The standard InChI is InChI=1S/C57H98O6/c1-4-7-10-13-16-19-22-24-26-28-30-32-35-38-41-44-47-50-56(59)62-53-54(52-61-55(58)49-46-43-40-37-34-21-18-15-12-9-6-3)63-57(60)51-48-45-42-39-36-33-31-29-27-25-23-20-17-14-11-8-5-2/h16-17,19-20,24-27,30,32,38,41,54H,4-15,18,21-23,28-29,31,33-37,39-40,42-53H2,1-3H3/b19-16-,20-17-,26-24-,27-25-,32-30-,41-38-/t54-/m0/s1. The van der Waals surface area contributed by atoms with Crippen molar-refractivity contribution in [1.82, 2.24) is 0 Å². The number of unbranched alkanes of at least 4 members (excludes halogenated alkanes) is 24. The van der Waals surface area contributed by atoms with Crippen LogP contribution in [0.1, 0.15) is 252 Å². The molecule has 1 atom stereocenters. The maximum absolute atomic E-state index is 12.8. The van der Waals surface area contributed by atoms with Crippen molar-refractivity contribution in [3.8, 4) is 0 Å². The van der Waals surface area contributed by atoms with Gasteiger partial charge in [0.2, 0.25) is 0 Å². The van der Waals surface area contributed by atoms with Gasteiger partial charge < -0.3 is 14.2 Å². The van der Waals surface area contributed by atoms with Crippen LogP contribution >= 0.6 is 0 Å². The zero-order valence-electron chi connectivity index (χ0n) is 41.3. The average molecular weight is 879 g/mol. The van der Waals surface area contributed by atoms with E-state index >= 15 is 0 Å². The van der Waals surface area contributed by atoms with Gasteiger partial charge in [0.1, 0.15) is 13.2 Å². The van der Waals surface area contributed by atoms with Crippen molar-refractivity contribution in [3.63, 3.8) is 0 Å². The van der Waals surface area contributed by atoms with Gasteiger partial charge >= 0.3 is 17.9 Å². The lowest BCUT2D eigenvalue weighted by Crippen LogP contribution is -2.30. The summed E-state index contributed by atoms with van der Waals surface area (Å²) in [5.74, 6) is -0.959. The van der Waals surface area contributed by atoms with Crippen LogP contribution < -0.4 is 0 Å². The Labute approximate surface area is 389 Å². The van der Waals surface area contributed by atoms with Gasteiger partial charge in [0, 0.05) is 19.3 Å². The molecule has 0 aliphatic rings. The summed E-state index contributed by atoms with van der Waals surface area (Å²) in [7, 11) is 0. The lowest BCUT2D eigenvalue weighted by molar-refractivity contribution is -0.167. The number of hydrogen-bond acceptors (Lipinski definition) is 6. The minimum atomic E-state index is -0.799. The fraction of sp³-hybridized carbons (Fsp3) is 0.737. The highest BCUT2D eigenvalue weighted by Gasteiger charge is 2.19. The molecular formula is C57H98O6. The van der Waals surface area contributed by atoms with Crippen LogP contribution in [-0.4, -0.2) is 37.2 Å². The lowest BCUT2D eigenvalue weighted by Gasteiger charge is -2.18. The summed E-state index contributed by atoms with van der Waals surface area (Å²) in [4.78, 5) is 38.0. The Hall–Kier alpha value is -3.15. The topological polar surface area (TPSA) is 78.9 Å². The number of rotatable bonds is 47. The molecule has 0 aliphatic heterocycles. The van der Waals surface area contributed by atoms with E-state index in [-0.39, 0.29) is 37.5 Å². The first-order valence-corrected chi connectivity index (χ1v) is 26.4.